The van der Waals surface area contributed by atoms with Gasteiger partial charge in [0.15, 0.2) is 0 Å². The van der Waals surface area contributed by atoms with E-state index < -0.39 is 16.5 Å². The molecule has 29 heavy (non-hydrogen) atoms. The number of benzene rings is 2. The monoisotopic (exact) mass is 388 g/mol. The molecule has 4 aromatic rings. The van der Waals surface area contributed by atoms with Crippen LogP contribution in [0.3, 0.4) is 0 Å². The highest BCUT2D eigenvalue weighted by Gasteiger charge is 2.34. The van der Waals surface area contributed by atoms with Crippen LogP contribution in [0.1, 0.15) is 17.2 Å². The first-order valence-electron chi connectivity index (χ1n) is 8.60. The Labute approximate surface area is 162 Å². The van der Waals surface area contributed by atoms with Crippen LogP contribution in [0.5, 0.6) is 0 Å². The minimum Gasteiger partial charge on any atom is -0.318 e. The van der Waals surface area contributed by atoms with E-state index in [1.807, 2.05) is 30.3 Å². The molecule has 11 heteroatoms. The van der Waals surface area contributed by atoms with E-state index in [0.29, 0.717) is 16.8 Å². The second-order valence-corrected chi connectivity index (χ2v) is 6.38. The van der Waals surface area contributed by atoms with Crippen molar-refractivity contribution in [2.75, 3.05) is 5.32 Å². The molecule has 11 nitrogen and oxygen atoms in total. The maximum atomic E-state index is 12.6. The van der Waals surface area contributed by atoms with Crippen LogP contribution in [-0.2, 0) is 0 Å². The van der Waals surface area contributed by atoms with Gasteiger partial charge in [-0.2, -0.15) is 9.78 Å². The molecule has 0 saturated carbocycles. The van der Waals surface area contributed by atoms with Gasteiger partial charge in [-0.25, -0.2) is 5.10 Å². The van der Waals surface area contributed by atoms with Crippen molar-refractivity contribution in [3.8, 4) is 11.3 Å². The number of rotatable bonds is 3. The predicted octanol–water partition coefficient (Wildman–Crippen LogP) is 2.03. The van der Waals surface area contributed by atoms with Gasteiger partial charge in [0.1, 0.15) is 11.7 Å². The molecule has 142 valence electrons. The lowest BCUT2D eigenvalue weighted by Crippen LogP contribution is -2.29. The van der Waals surface area contributed by atoms with Crippen LogP contribution in [0.2, 0.25) is 0 Å². The quantitative estimate of drug-likeness (QED) is 0.353. The summed E-state index contributed by atoms with van der Waals surface area (Å²) < 4.78 is 1.52. The Balaban J connectivity index is 1.78. The summed E-state index contributed by atoms with van der Waals surface area (Å²) in [6.07, 6.45) is 0. The largest absolute Gasteiger partial charge is 0.318 e. The molecular formula is C18H12N8O3. The van der Waals surface area contributed by atoms with E-state index >= 15 is 0 Å². The number of non-ortho nitro benzene ring substituents is 1. The maximum Gasteiger partial charge on any atom is 0.288 e. The van der Waals surface area contributed by atoms with Gasteiger partial charge >= 0.3 is 0 Å². The Morgan fingerprint density at radius 3 is 2.55 bits per heavy atom. The van der Waals surface area contributed by atoms with E-state index in [0.717, 1.165) is 5.56 Å². The molecule has 2 aromatic heterocycles. The molecule has 0 saturated heterocycles. The van der Waals surface area contributed by atoms with Gasteiger partial charge in [0.05, 0.1) is 10.6 Å². The number of H-pyrrole nitrogens is 1. The molecule has 2 N–H and O–H groups in total. The molecule has 0 aliphatic carbocycles. The molecule has 1 aliphatic heterocycles. The first kappa shape index (κ1) is 16.7. The Morgan fingerprint density at radius 2 is 1.83 bits per heavy atom. The maximum absolute atomic E-state index is 12.6. The Hall–Kier alpha value is -4.41. The van der Waals surface area contributed by atoms with Crippen LogP contribution in [-0.4, -0.2) is 35.3 Å². The van der Waals surface area contributed by atoms with Crippen molar-refractivity contribution in [1.29, 1.82) is 0 Å². The summed E-state index contributed by atoms with van der Waals surface area (Å²) in [7, 11) is 0. The van der Waals surface area contributed by atoms with Gasteiger partial charge in [-0.3, -0.25) is 14.9 Å². The van der Waals surface area contributed by atoms with Gasteiger partial charge in [-0.05, 0) is 28.1 Å². The molecule has 1 aliphatic rings. The lowest BCUT2D eigenvalue weighted by atomic mass is 9.92. The van der Waals surface area contributed by atoms with Crippen molar-refractivity contribution in [3.05, 3.63) is 86.2 Å². The number of nitro benzene ring substituents is 1. The summed E-state index contributed by atoms with van der Waals surface area (Å²) in [5.41, 5.74) is 2.44. The standard InChI is InChI=1S/C18H12N8O3/c27-17-15-13(14(20-21-17)10-4-2-1-3-5-10)16(25-18(19-15)22-23-24-25)11-6-8-12(9-7-11)26(28)29/h1-9,16H,(H,21,27)(H,19,22,24). The van der Waals surface area contributed by atoms with Crippen LogP contribution in [0, 0.1) is 10.1 Å². The van der Waals surface area contributed by atoms with Crippen molar-refractivity contribution >= 4 is 17.3 Å². The first-order chi connectivity index (χ1) is 14.1. The minimum absolute atomic E-state index is 0.0350. The smallest absolute Gasteiger partial charge is 0.288 e. The molecule has 0 amide bonds. The second-order valence-electron chi connectivity index (χ2n) is 6.38. The molecule has 2 aromatic carbocycles. The number of nitrogens with one attached hydrogen (secondary N) is 2. The van der Waals surface area contributed by atoms with E-state index in [1.54, 1.807) is 12.1 Å². The number of nitrogens with zero attached hydrogens (tertiary/aromatic N) is 6. The number of aromatic amines is 1. The molecule has 0 bridgehead atoms. The number of hydrogen-bond acceptors (Lipinski definition) is 8. The normalized spacial score (nSPS) is 14.6. The van der Waals surface area contributed by atoms with Crippen LogP contribution in [0.4, 0.5) is 17.3 Å². The van der Waals surface area contributed by atoms with E-state index in [-0.39, 0.29) is 17.3 Å². The Morgan fingerprint density at radius 1 is 1.07 bits per heavy atom. The third-order valence-electron chi connectivity index (χ3n) is 4.74. The van der Waals surface area contributed by atoms with Gasteiger partial charge in [0, 0.05) is 23.3 Å². The van der Waals surface area contributed by atoms with Gasteiger partial charge < -0.3 is 5.32 Å². The van der Waals surface area contributed by atoms with E-state index in [2.05, 4.69) is 31.0 Å². The molecule has 0 radical (unpaired) electrons. The van der Waals surface area contributed by atoms with Gasteiger partial charge in [-0.1, -0.05) is 35.4 Å². The highest BCUT2D eigenvalue weighted by Crippen LogP contribution is 2.41. The van der Waals surface area contributed by atoms with Gasteiger partial charge in [-0.15, -0.1) is 0 Å². The summed E-state index contributed by atoms with van der Waals surface area (Å²) in [5, 5.41) is 32.5. The number of aromatic nitrogens is 6. The van der Waals surface area contributed by atoms with Crippen molar-refractivity contribution < 1.29 is 4.92 Å². The zero-order valence-corrected chi connectivity index (χ0v) is 14.7. The second kappa shape index (κ2) is 6.34. The summed E-state index contributed by atoms with van der Waals surface area (Å²) >= 11 is 0. The van der Waals surface area contributed by atoms with Crippen molar-refractivity contribution in [3.63, 3.8) is 0 Å². The fourth-order valence-corrected chi connectivity index (χ4v) is 3.44. The fraction of sp³-hybridized carbons (Fsp3) is 0.0556. The molecule has 0 fully saturated rings. The summed E-state index contributed by atoms with van der Waals surface area (Å²) in [6.45, 7) is 0. The lowest BCUT2D eigenvalue weighted by molar-refractivity contribution is -0.384. The van der Waals surface area contributed by atoms with Crippen molar-refractivity contribution in [1.82, 2.24) is 30.4 Å². The molecule has 1 atom stereocenters. The average Bonchev–Trinajstić information content (AvgIpc) is 3.22. The number of fused-ring (bicyclic) bond motifs is 2. The summed E-state index contributed by atoms with van der Waals surface area (Å²) in [6, 6.07) is 14.8. The molecular weight excluding hydrogens is 376 g/mol. The average molecular weight is 388 g/mol. The Kier molecular flexibility index (Phi) is 3.66. The van der Waals surface area contributed by atoms with E-state index in [9.17, 15) is 14.9 Å². The number of tetrazole rings is 1. The van der Waals surface area contributed by atoms with Crippen molar-refractivity contribution in [2.24, 2.45) is 0 Å². The first-order valence-corrected chi connectivity index (χ1v) is 8.60. The highest BCUT2D eigenvalue weighted by atomic mass is 16.6. The third-order valence-corrected chi connectivity index (χ3v) is 4.74. The topological polar surface area (TPSA) is 145 Å². The zero-order valence-electron chi connectivity index (χ0n) is 14.7. The van der Waals surface area contributed by atoms with Crippen LogP contribution < -0.4 is 10.9 Å². The summed E-state index contributed by atoms with van der Waals surface area (Å²) in [5.74, 6) is 0.288. The Bertz CT molecular complexity index is 1280. The van der Waals surface area contributed by atoms with E-state index in [1.165, 1.54) is 16.8 Å². The van der Waals surface area contributed by atoms with Crippen molar-refractivity contribution in [2.45, 2.75) is 6.04 Å². The summed E-state index contributed by atoms with van der Waals surface area (Å²) in [4.78, 5) is 23.1. The minimum atomic E-state index is -0.595. The number of anilines is 2. The molecule has 3 heterocycles. The SMILES string of the molecule is O=c1[nH]nc(-c2ccccc2)c2c1Nc1nnnn1C2c1ccc([N+](=O)[O-])cc1. The van der Waals surface area contributed by atoms with Gasteiger partial charge in [0.2, 0.25) is 5.95 Å². The van der Waals surface area contributed by atoms with Crippen LogP contribution >= 0.6 is 0 Å². The molecule has 1 unspecified atom stereocenters. The third kappa shape index (κ3) is 2.64. The van der Waals surface area contributed by atoms with Crippen LogP contribution in [0.25, 0.3) is 11.3 Å². The van der Waals surface area contributed by atoms with Gasteiger partial charge in [0.25, 0.3) is 11.2 Å². The van der Waals surface area contributed by atoms with Crippen LogP contribution in [0.15, 0.2) is 59.4 Å². The highest BCUT2D eigenvalue weighted by molar-refractivity contribution is 5.75. The predicted molar refractivity (Wildman–Crippen MR) is 102 cm³/mol. The lowest BCUT2D eigenvalue weighted by Gasteiger charge is -2.27. The number of hydrogen-bond donors (Lipinski definition) is 2. The number of nitro groups is 1. The molecule has 0 spiro atoms. The van der Waals surface area contributed by atoms with E-state index in [4.69, 9.17) is 0 Å². The fourth-order valence-electron chi connectivity index (χ4n) is 3.44. The molecule has 5 rings (SSSR count). The zero-order chi connectivity index (χ0) is 20.0.